The third-order valence-electron chi connectivity index (χ3n) is 3.97. The standard InChI is InChI=1S/C16H21N3O2/c1-2-9-17-15(20)12-7-10-19(11-8-12)16-18-13-5-3-4-6-14(13)21-16/h3-6,12H,2,7-11H2,1H3,(H,17,20). The second kappa shape index (κ2) is 6.16. The van der Waals surface area contributed by atoms with Crippen LogP contribution >= 0.6 is 0 Å². The largest absolute Gasteiger partial charge is 0.423 e. The maximum atomic E-state index is 12.0. The van der Waals surface area contributed by atoms with E-state index in [4.69, 9.17) is 4.42 Å². The molecule has 1 aliphatic heterocycles. The predicted octanol–water partition coefficient (Wildman–Crippen LogP) is 2.57. The van der Waals surface area contributed by atoms with E-state index < -0.39 is 0 Å². The van der Waals surface area contributed by atoms with Crippen LogP contribution in [0.5, 0.6) is 0 Å². The maximum Gasteiger partial charge on any atom is 0.298 e. The fourth-order valence-corrected chi connectivity index (χ4v) is 2.72. The van der Waals surface area contributed by atoms with Crippen molar-refractivity contribution in [3.05, 3.63) is 24.3 Å². The van der Waals surface area contributed by atoms with Gasteiger partial charge in [0.25, 0.3) is 6.01 Å². The van der Waals surface area contributed by atoms with E-state index in [9.17, 15) is 4.79 Å². The molecule has 1 amide bonds. The van der Waals surface area contributed by atoms with Crippen molar-refractivity contribution < 1.29 is 9.21 Å². The van der Waals surface area contributed by atoms with Gasteiger partial charge in [0.1, 0.15) is 5.52 Å². The number of benzene rings is 1. The zero-order valence-corrected chi connectivity index (χ0v) is 12.3. The second-order valence-corrected chi connectivity index (χ2v) is 5.52. The van der Waals surface area contributed by atoms with Gasteiger partial charge in [0.15, 0.2) is 5.58 Å². The number of carbonyl (C=O) groups is 1. The van der Waals surface area contributed by atoms with Gasteiger partial charge in [-0.05, 0) is 31.4 Å². The first-order chi connectivity index (χ1) is 10.3. The van der Waals surface area contributed by atoms with Gasteiger partial charge in [0, 0.05) is 25.6 Å². The molecule has 1 aliphatic rings. The number of oxazole rings is 1. The molecule has 112 valence electrons. The molecule has 2 heterocycles. The average molecular weight is 287 g/mol. The molecule has 5 heteroatoms. The highest BCUT2D eigenvalue weighted by Gasteiger charge is 2.26. The van der Waals surface area contributed by atoms with Gasteiger partial charge in [-0.1, -0.05) is 19.1 Å². The summed E-state index contributed by atoms with van der Waals surface area (Å²) in [7, 11) is 0. The molecular weight excluding hydrogens is 266 g/mol. The molecule has 5 nitrogen and oxygen atoms in total. The molecule has 1 fully saturated rings. The number of aromatic nitrogens is 1. The van der Waals surface area contributed by atoms with Crippen LogP contribution in [0.15, 0.2) is 28.7 Å². The number of fused-ring (bicyclic) bond motifs is 1. The summed E-state index contributed by atoms with van der Waals surface area (Å²) in [5, 5.41) is 2.98. The zero-order valence-electron chi connectivity index (χ0n) is 12.3. The fraction of sp³-hybridized carbons (Fsp3) is 0.500. The summed E-state index contributed by atoms with van der Waals surface area (Å²) in [5.74, 6) is 0.311. The van der Waals surface area contributed by atoms with Crippen LogP contribution in [-0.4, -0.2) is 30.5 Å². The average Bonchev–Trinajstić information content (AvgIpc) is 2.96. The zero-order chi connectivity index (χ0) is 14.7. The Morgan fingerprint density at radius 3 is 2.86 bits per heavy atom. The highest BCUT2D eigenvalue weighted by Crippen LogP contribution is 2.26. The van der Waals surface area contributed by atoms with Crippen molar-refractivity contribution in [3.63, 3.8) is 0 Å². The Balaban J connectivity index is 1.61. The molecule has 1 aromatic heterocycles. The number of amides is 1. The summed E-state index contributed by atoms with van der Waals surface area (Å²) in [5.41, 5.74) is 1.70. The molecule has 3 rings (SSSR count). The lowest BCUT2D eigenvalue weighted by Crippen LogP contribution is -2.40. The highest BCUT2D eigenvalue weighted by molar-refractivity contribution is 5.79. The van der Waals surface area contributed by atoms with E-state index in [0.717, 1.165) is 50.0 Å². The number of anilines is 1. The van der Waals surface area contributed by atoms with Crippen LogP contribution in [0.2, 0.25) is 0 Å². The summed E-state index contributed by atoms with van der Waals surface area (Å²) in [6.07, 6.45) is 2.69. The predicted molar refractivity (Wildman–Crippen MR) is 82.2 cm³/mol. The lowest BCUT2D eigenvalue weighted by Gasteiger charge is -2.30. The Kier molecular flexibility index (Phi) is 4.08. The van der Waals surface area contributed by atoms with Gasteiger partial charge in [-0.2, -0.15) is 4.98 Å². The molecule has 0 saturated carbocycles. The molecule has 1 aromatic carbocycles. The molecule has 2 aromatic rings. The molecular formula is C16H21N3O2. The van der Waals surface area contributed by atoms with Gasteiger partial charge < -0.3 is 14.6 Å². The number of hydrogen-bond acceptors (Lipinski definition) is 4. The molecule has 0 bridgehead atoms. The van der Waals surface area contributed by atoms with Crippen molar-refractivity contribution in [2.45, 2.75) is 26.2 Å². The van der Waals surface area contributed by atoms with Crippen LogP contribution in [0.25, 0.3) is 11.1 Å². The van der Waals surface area contributed by atoms with Crippen LogP contribution in [0.3, 0.4) is 0 Å². The summed E-state index contributed by atoms with van der Waals surface area (Å²) < 4.78 is 5.78. The van der Waals surface area contributed by atoms with Crippen LogP contribution in [0.1, 0.15) is 26.2 Å². The van der Waals surface area contributed by atoms with Crippen molar-refractivity contribution in [1.29, 1.82) is 0 Å². The van der Waals surface area contributed by atoms with E-state index in [0.29, 0.717) is 6.01 Å². The van der Waals surface area contributed by atoms with Crippen LogP contribution < -0.4 is 10.2 Å². The van der Waals surface area contributed by atoms with Crippen LogP contribution in [-0.2, 0) is 4.79 Å². The van der Waals surface area contributed by atoms with Crippen molar-refractivity contribution in [2.24, 2.45) is 5.92 Å². The second-order valence-electron chi connectivity index (χ2n) is 5.52. The number of carbonyl (C=O) groups excluding carboxylic acids is 1. The summed E-state index contributed by atoms with van der Waals surface area (Å²) >= 11 is 0. The van der Waals surface area contributed by atoms with Crippen molar-refractivity contribution in [1.82, 2.24) is 10.3 Å². The summed E-state index contributed by atoms with van der Waals surface area (Å²) in [4.78, 5) is 18.6. The fourth-order valence-electron chi connectivity index (χ4n) is 2.72. The lowest BCUT2D eigenvalue weighted by molar-refractivity contribution is -0.125. The Morgan fingerprint density at radius 1 is 1.38 bits per heavy atom. The summed E-state index contributed by atoms with van der Waals surface area (Å²) in [6.45, 7) is 4.47. The Bertz CT molecular complexity index is 582. The number of rotatable bonds is 4. The van der Waals surface area contributed by atoms with E-state index in [2.05, 4.69) is 22.1 Å². The van der Waals surface area contributed by atoms with Crippen molar-refractivity contribution in [2.75, 3.05) is 24.5 Å². The molecule has 0 spiro atoms. The number of para-hydroxylation sites is 2. The lowest BCUT2D eigenvalue weighted by atomic mass is 9.96. The molecule has 0 aliphatic carbocycles. The minimum absolute atomic E-state index is 0.122. The third kappa shape index (κ3) is 3.01. The van der Waals surface area contributed by atoms with E-state index in [1.165, 1.54) is 0 Å². The van der Waals surface area contributed by atoms with E-state index in [1.54, 1.807) is 0 Å². The third-order valence-corrected chi connectivity index (χ3v) is 3.97. The minimum atomic E-state index is 0.122. The van der Waals surface area contributed by atoms with Gasteiger partial charge in [-0.25, -0.2) is 0 Å². The van der Waals surface area contributed by atoms with Gasteiger partial charge in [0.2, 0.25) is 5.91 Å². The van der Waals surface area contributed by atoms with E-state index in [-0.39, 0.29) is 11.8 Å². The number of piperidine rings is 1. The summed E-state index contributed by atoms with van der Waals surface area (Å²) in [6, 6.07) is 8.45. The molecule has 0 atom stereocenters. The molecule has 0 radical (unpaired) electrons. The Morgan fingerprint density at radius 2 is 2.14 bits per heavy atom. The number of nitrogens with zero attached hydrogens (tertiary/aromatic N) is 2. The normalized spacial score (nSPS) is 16.3. The van der Waals surface area contributed by atoms with Gasteiger partial charge in [-0.15, -0.1) is 0 Å². The van der Waals surface area contributed by atoms with Crippen molar-refractivity contribution in [3.8, 4) is 0 Å². The van der Waals surface area contributed by atoms with Gasteiger partial charge in [-0.3, -0.25) is 4.79 Å². The Hall–Kier alpha value is -2.04. The van der Waals surface area contributed by atoms with E-state index >= 15 is 0 Å². The number of nitrogens with one attached hydrogen (secondary N) is 1. The number of hydrogen-bond donors (Lipinski definition) is 1. The monoisotopic (exact) mass is 287 g/mol. The smallest absolute Gasteiger partial charge is 0.298 e. The topological polar surface area (TPSA) is 58.4 Å². The molecule has 1 saturated heterocycles. The van der Waals surface area contributed by atoms with Crippen LogP contribution in [0.4, 0.5) is 6.01 Å². The van der Waals surface area contributed by atoms with Gasteiger partial charge >= 0.3 is 0 Å². The van der Waals surface area contributed by atoms with E-state index in [1.807, 2.05) is 24.3 Å². The highest BCUT2D eigenvalue weighted by atomic mass is 16.4. The molecule has 1 N–H and O–H groups in total. The Labute approximate surface area is 124 Å². The SMILES string of the molecule is CCCNC(=O)C1CCN(c2nc3ccccc3o2)CC1. The first-order valence-electron chi connectivity index (χ1n) is 7.66. The molecule has 21 heavy (non-hydrogen) atoms. The van der Waals surface area contributed by atoms with Crippen LogP contribution in [0, 0.1) is 5.92 Å². The first-order valence-corrected chi connectivity index (χ1v) is 7.66. The molecule has 0 unspecified atom stereocenters. The minimum Gasteiger partial charge on any atom is -0.423 e. The van der Waals surface area contributed by atoms with Crippen molar-refractivity contribution >= 4 is 23.0 Å². The van der Waals surface area contributed by atoms with Gasteiger partial charge in [0.05, 0.1) is 0 Å². The quantitative estimate of drug-likeness (QED) is 0.939. The maximum absolute atomic E-state index is 12.0. The first kappa shape index (κ1) is 13.9.